The summed E-state index contributed by atoms with van der Waals surface area (Å²) in [6, 6.07) is 32.8. The minimum atomic E-state index is -0.395. The average Bonchev–Trinajstić information content (AvgIpc) is 2.76. The Morgan fingerprint density at radius 2 is 1.04 bits per heavy atom. The Bertz CT molecular complexity index is 1070. The lowest BCUT2D eigenvalue weighted by Gasteiger charge is -2.07. The Kier molecular flexibility index (Phi) is 5.22. The zero-order valence-electron chi connectivity index (χ0n) is 15.0. The summed E-state index contributed by atoms with van der Waals surface area (Å²) >= 11 is 5.84. The van der Waals surface area contributed by atoms with Crippen molar-refractivity contribution in [2.24, 2.45) is 0 Å². The van der Waals surface area contributed by atoms with Gasteiger partial charge in [-0.05, 0) is 58.7 Å². The summed E-state index contributed by atoms with van der Waals surface area (Å²) in [7, 11) is 0. The van der Waals surface area contributed by atoms with E-state index in [-0.39, 0.29) is 0 Å². The van der Waals surface area contributed by atoms with Crippen LogP contribution in [0.1, 0.15) is 10.4 Å². The van der Waals surface area contributed by atoms with Crippen LogP contribution in [0.2, 0.25) is 5.02 Å². The van der Waals surface area contributed by atoms with Crippen LogP contribution >= 0.6 is 11.6 Å². The van der Waals surface area contributed by atoms with Gasteiger partial charge in [0.1, 0.15) is 5.75 Å². The summed E-state index contributed by atoms with van der Waals surface area (Å²) in [5.41, 5.74) is 5.00. The van der Waals surface area contributed by atoms with Crippen molar-refractivity contribution in [3.8, 4) is 28.0 Å². The maximum Gasteiger partial charge on any atom is 0.343 e. The highest BCUT2D eigenvalue weighted by Gasteiger charge is 2.09. The van der Waals surface area contributed by atoms with Gasteiger partial charge >= 0.3 is 5.97 Å². The maximum absolute atomic E-state index is 12.3. The molecule has 0 aliphatic rings. The molecule has 0 N–H and O–H groups in total. The molecule has 0 atom stereocenters. The largest absolute Gasteiger partial charge is 0.423 e. The first-order valence-corrected chi connectivity index (χ1v) is 9.30. The smallest absolute Gasteiger partial charge is 0.343 e. The standard InChI is InChI=1S/C25H17ClO2/c26-23-14-16-24(17-15-23)28-25(27)22-12-10-21(11-13-22)20-8-6-19(7-9-20)18-4-2-1-3-5-18/h1-17H. The first kappa shape index (κ1) is 18.0. The van der Waals surface area contributed by atoms with Gasteiger partial charge in [0.05, 0.1) is 5.56 Å². The molecule has 0 fully saturated rings. The third kappa shape index (κ3) is 4.13. The van der Waals surface area contributed by atoms with Crippen molar-refractivity contribution in [3.63, 3.8) is 0 Å². The van der Waals surface area contributed by atoms with Crippen LogP contribution in [0.5, 0.6) is 5.75 Å². The van der Waals surface area contributed by atoms with Gasteiger partial charge in [0.15, 0.2) is 0 Å². The molecule has 0 aromatic heterocycles. The van der Waals surface area contributed by atoms with Crippen molar-refractivity contribution in [2.75, 3.05) is 0 Å². The van der Waals surface area contributed by atoms with E-state index in [2.05, 4.69) is 36.4 Å². The van der Waals surface area contributed by atoms with E-state index in [1.807, 2.05) is 30.3 Å². The van der Waals surface area contributed by atoms with Gasteiger partial charge in [-0.2, -0.15) is 0 Å². The van der Waals surface area contributed by atoms with E-state index >= 15 is 0 Å². The molecular formula is C25H17ClO2. The highest BCUT2D eigenvalue weighted by atomic mass is 35.5. The number of hydrogen-bond donors (Lipinski definition) is 0. The van der Waals surface area contributed by atoms with Crippen molar-refractivity contribution < 1.29 is 9.53 Å². The van der Waals surface area contributed by atoms with E-state index in [0.29, 0.717) is 16.3 Å². The predicted molar refractivity (Wildman–Crippen MR) is 114 cm³/mol. The van der Waals surface area contributed by atoms with Crippen molar-refractivity contribution in [1.82, 2.24) is 0 Å². The number of halogens is 1. The monoisotopic (exact) mass is 384 g/mol. The minimum Gasteiger partial charge on any atom is -0.423 e. The summed E-state index contributed by atoms with van der Waals surface area (Å²) < 4.78 is 5.37. The summed E-state index contributed by atoms with van der Waals surface area (Å²) in [4.78, 5) is 12.3. The van der Waals surface area contributed by atoms with E-state index in [4.69, 9.17) is 16.3 Å². The van der Waals surface area contributed by atoms with E-state index in [0.717, 1.165) is 11.1 Å². The Morgan fingerprint density at radius 3 is 1.57 bits per heavy atom. The summed E-state index contributed by atoms with van der Waals surface area (Å²) in [5, 5.41) is 0.599. The molecule has 0 saturated carbocycles. The van der Waals surface area contributed by atoms with Crippen LogP contribution in [0.15, 0.2) is 103 Å². The molecule has 4 aromatic carbocycles. The molecular weight excluding hydrogens is 368 g/mol. The molecule has 0 aliphatic heterocycles. The third-order valence-corrected chi connectivity index (χ3v) is 4.72. The normalized spacial score (nSPS) is 10.5. The lowest BCUT2D eigenvalue weighted by molar-refractivity contribution is 0.0735. The Hall–Kier alpha value is -3.36. The molecule has 4 aromatic rings. The molecule has 0 bridgehead atoms. The molecule has 0 unspecified atom stereocenters. The molecule has 0 heterocycles. The maximum atomic E-state index is 12.3. The molecule has 2 nitrogen and oxygen atoms in total. The minimum absolute atomic E-state index is 0.395. The van der Waals surface area contributed by atoms with Crippen LogP contribution in [0, 0.1) is 0 Å². The first-order valence-electron chi connectivity index (χ1n) is 8.93. The Balaban J connectivity index is 1.48. The molecule has 0 amide bonds. The zero-order chi connectivity index (χ0) is 19.3. The SMILES string of the molecule is O=C(Oc1ccc(Cl)cc1)c1ccc(-c2ccc(-c3ccccc3)cc2)cc1. The van der Waals surface area contributed by atoms with E-state index in [9.17, 15) is 4.79 Å². The summed E-state index contributed by atoms with van der Waals surface area (Å²) in [5.74, 6) is 0.0725. The molecule has 0 radical (unpaired) electrons. The second kappa shape index (κ2) is 8.12. The summed E-state index contributed by atoms with van der Waals surface area (Å²) in [6.07, 6.45) is 0. The number of rotatable bonds is 4. The van der Waals surface area contributed by atoms with Crippen LogP contribution < -0.4 is 4.74 Å². The number of esters is 1. The molecule has 0 aliphatic carbocycles. The highest BCUT2D eigenvalue weighted by molar-refractivity contribution is 6.30. The van der Waals surface area contributed by atoms with Crippen LogP contribution in [0.3, 0.4) is 0 Å². The number of benzene rings is 4. The van der Waals surface area contributed by atoms with Crippen molar-refractivity contribution >= 4 is 17.6 Å². The molecule has 3 heteroatoms. The molecule has 0 spiro atoms. The molecule has 136 valence electrons. The molecule has 28 heavy (non-hydrogen) atoms. The second-order valence-corrected chi connectivity index (χ2v) is 6.80. The van der Waals surface area contributed by atoms with E-state index < -0.39 is 5.97 Å². The fourth-order valence-electron chi connectivity index (χ4n) is 2.95. The molecule has 4 rings (SSSR count). The van der Waals surface area contributed by atoms with E-state index in [1.165, 1.54) is 11.1 Å². The summed E-state index contributed by atoms with van der Waals surface area (Å²) in [6.45, 7) is 0. The fourth-order valence-corrected chi connectivity index (χ4v) is 3.08. The van der Waals surface area contributed by atoms with Crippen molar-refractivity contribution in [3.05, 3.63) is 114 Å². The molecule has 0 saturated heterocycles. The fraction of sp³-hybridized carbons (Fsp3) is 0. The zero-order valence-corrected chi connectivity index (χ0v) is 15.8. The first-order chi connectivity index (χ1) is 13.7. The van der Waals surface area contributed by atoms with Crippen LogP contribution in [-0.4, -0.2) is 5.97 Å². The van der Waals surface area contributed by atoms with Gasteiger partial charge in [-0.3, -0.25) is 0 Å². The van der Waals surface area contributed by atoms with E-state index in [1.54, 1.807) is 36.4 Å². The quantitative estimate of drug-likeness (QED) is 0.283. The number of carbonyl (C=O) groups excluding carboxylic acids is 1. The van der Waals surface area contributed by atoms with Gasteiger partial charge in [0.2, 0.25) is 0 Å². The lowest BCUT2D eigenvalue weighted by Crippen LogP contribution is -2.08. The van der Waals surface area contributed by atoms with Crippen LogP contribution in [0.4, 0.5) is 0 Å². The number of carbonyl (C=O) groups is 1. The van der Waals surface area contributed by atoms with Crippen molar-refractivity contribution in [2.45, 2.75) is 0 Å². The van der Waals surface area contributed by atoms with Gasteiger partial charge in [-0.25, -0.2) is 4.79 Å². The Morgan fingerprint density at radius 1 is 0.571 bits per heavy atom. The second-order valence-electron chi connectivity index (χ2n) is 6.36. The highest BCUT2D eigenvalue weighted by Crippen LogP contribution is 2.25. The number of ether oxygens (including phenoxy) is 1. The lowest BCUT2D eigenvalue weighted by atomic mass is 10.00. The average molecular weight is 385 g/mol. The number of hydrogen-bond acceptors (Lipinski definition) is 2. The third-order valence-electron chi connectivity index (χ3n) is 4.47. The van der Waals surface area contributed by atoms with Crippen molar-refractivity contribution in [1.29, 1.82) is 0 Å². The van der Waals surface area contributed by atoms with Gasteiger partial charge < -0.3 is 4.74 Å². The van der Waals surface area contributed by atoms with Gasteiger partial charge in [-0.15, -0.1) is 0 Å². The topological polar surface area (TPSA) is 26.3 Å². The van der Waals surface area contributed by atoms with Gasteiger partial charge in [-0.1, -0.05) is 78.3 Å². The van der Waals surface area contributed by atoms with Crippen LogP contribution in [-0.2, 0) is 0 Å². The van der Waals surface area contributed by atoms with Gasteiger partial charge in [0, 0.05) is 5.02 Å². The van der Waals surface area contributed by atoms with Gasteiger partial charge in [0.25, 0.3) is 0 Å². The Labute approximate surface area is 169 Å². The van der Waals surface area contributed by atoms with Crippen LogP contribution in [0.25, 0.3) is 22.3 Å². The predicted octanol–water partition coefficient (Wildman–Crippen LogP) is 6.89.